The molecule has 0 N–H and O–H groups in total. The second-order valence-electron chi connectivity index (χ2n) is 3.38. The van der Waals surface area contributed by atoms with Crippen LogP contribution in [0.2, 0.25) is 0 Å². The predicted molar refractivity (Wildman–Crippen MR) is 54.4 cm³/mol. The summed E-state index contributed by atoms with van der Waals surface area (Å²) in [6.45, 7) is 2.11. The zero-order valence-corrected chi connectivity index (χ0v) is 9.03. The maximum Gasteiger partial charge on any atom is 0.308 e. The molecular formula is C11H16N2O2. The highest BCUT2D eigenvalue weighted by Gasteiger charge is 2.13. The summed E-state index contributed by atoms with van der Waals surface area (Å²) in [4.78, 5) is 11.3. The molecule has 4 nitrogen and oxygen atoms in total. The molecule has 0 amide bonds. The third kappa shape index (κ3) is 7.52. The van der Waals surface area contributed by atoms with E-state index in [1.165, 1.54) is 0 Å². The van der Waals surface area contributed by atoms with Gasteiger partial charge < -0.3 is 4.74 Å². The van der Waals surface area contributed by atoms with Gasteiger partial charge in [-0.15, -0.1) is 0 Å². The molecule has 0 radical (unpaired) electrons. The molecular weight excluding hydrogens is 192 g/mol. The second kappa shape index (κ2) is 9.02. The van der Waals surface area contributed by atoms with Crippen molar-refractivity contribution < 1.29 is 9.53 Å². The maximum absolute atomic E-state index is 11.3. The number of rotatable bonds is 7. The van der Waals surface area contributed by atoms with Crippen molar-refractivity contribution in [3.05, 3.63) is 0 Å². The molecule has 0 aromatic rings. The first kappa shape index (κ1) is 13.4. The number of carbonyl (C=O) groups excluding carboxylic acids is 1. The molecule has 1 atom stereocenters. The van der Waals surface area contributed by atoms with E-state index in [2.05, 4.69) is 0 Å². The minimum atomic E-state index is -0.231. The summed E-state index contributed by atoms with van der Waals surface area (Å²) in [6.07, 6.45) is 2.89. The molecule has 0 aliphatic rings. The van der Waals surface area contributed by atoms with E-state index in [-0.39, 0.29) is 11.9 Å². The summed E-state index contributed by atoms with van der Waals surface area (Å²) < 4.78 is 4.96. The number of esters is 1. The summed E-state index contributed by atoms with van der Waals surface area (Å²) in [6, 6.07) is 4.02. The highest BCUT2D eigenvalue weighted by Crippen LogP contribution is 2.09. The number of unbranched alkanes of at least 4 members (excludes halogenated alkanes) is 2. The van der Waals surface area contributed by atoms with Gasteiger partial charge in [-0.2, -0.15) is 10.5 Å². The Bertz CT molecular complexity index is 263. The largest absolute Gasteiger partial charge is 0.465 e. The Hall–Kier alpha value is -1.55. The van der Waals surface area contributed by atoms with E-state index in [4.69, 9.17) is 15.3 Å². The zero-order valence-electron chi connectivity index (χ0n) is 9.03. The Balaban J connectivity index is 3.53. The second-order valence-corrected chi connectivity index (χ2v) is 3.38. The lowest BCUT2D eigenvalue weighted by atomic mass is 10.1. The lowest BCUT2D eigenvalue weighted by Gasteiger charge is -2.09. The van der Waals surface area contributed by atoms with Crippen LogP contribution in [0.25, 0.3) is 0 Å². The van der Waals surface area contributed by atoms with E-state index in [9.17, 15) is 4.79 Å². The Morgan fingerprint density at radius 2 is 1.87 bits per heavy atom. The van der Waals surface area contributed by atoms with Gasteiger partial charge in [0.2, 0.25) is 0 Å². The number of carbonyl (C=O) groups is 1. The molecule has 1 unspecified atom stereocenters. The monoisotopic (exact) mass is 208 g/mol. The van der Waals surface area contributed by atoms with Gasteiger partial charge in [0.15, 0.2) is 0 Å². The fraction of sp³-hybridized carbons (Fsp3) is 0.727. The average Bonchev–Trinajstić information content (AvgIpc) is 2.24. The molecule has 0 saturated carbocycles. The molecule has 0 bridgehead atoms. The highest BCUT2D eigenvalue weighted by atomic mass is 16.5. The zero-order chi connectivity index (χ0) is 11.5. The van der Waals surface area contributed by atoms with Gasteiger partial charge in [0.25, 0.3) is 0 Å². The third-order valence-corrected chi connectivity index (χ3v) is 2.01. The van der Waals surface area contributed by atoms with Crippen LogP contribution < -0.4 is 0 Å². The molecule has 0 aliphatic heterocycles. The normalized spacial score (nSPS) is 11.1. The first-order valence-corrected chi connectivity index (χ1v) is 5.13. The van der Waals surface area contributed by atoms with Crippen molar-refractivity contribution in [3.63, 3.8) is 0 Å². The van der Waals surface area contributed by atoms with Gasteiger partial charge >= 0.3 is 5.97 Å². The number of ether oxygens (including phenoxy) is 1. The van der Waals surface area contributed by atoms with Gasteiger partial charge in [-0.25, -0.2) is 0 Å². The van der Waals surface area contributed by atoms with Crippen molar-refractivity contribution in [3.8, 4) is 12.1 Å². The van der Waals surface area contributed by atoms with Crippen LogP contribution in [0.15, 0.2) is 0 Å². The van der Waals surface area contributed by atoms with Gasteiger partial charge in [0.05, 0.1) is 24.7 Å². The summed E-state index contributed by atoms with van der Waals surface area (Å²) >= 11 is 0. The van der Waals surface area contributed by atoms with Crippen molar-refractivity contribution in [2.45, 2.75) is 39.0 Å². The molecule has 0 spiro atoms. The molecule has 82 valence electrons. The Morgan fingerprint density at radius 1 is 1.27 bits per heavy atom. The number of nitrogens with zero attached hydrogens (tertiary/aromatic N) is 2. The van der Waals surface area contributed by atoms with E-state index in [1.807, 2.05) is 12.1 Å². The molecule has 0 fully saturated rings. The summed E-state index contributed by atoms with van der Waals surface area (Å²) in [5.74, 6) is -0.383. The Kier molecular flexibility index (Phi) is 8.09. The van der Waals surface area contributed by atoms with Gasteiger partial charge in [-0.05, 0) is 19.3 Å². The average molecular weight is 208 g/mol. The third-order valence-electron chi connectivity index (χ3n) is 2.01. The van der Waals surface area contributed by atoms with Crippen LogP contribution in [0.1, 0.15) is 39.0 Å². The minimum Gasteiger partial charge on any atom is -0.465 e. The predicted octanol–water partition coefficient (Wildman–Crippen LogP) is 2.16. The SMILES string of the molecule is CC(CCCC#N)C(=O)OCCCC#N. The van der Waals surface area contributed by atoms with Crippen LogP contribution in [0.3, 0.4) is 0 Å². The van der Waals surface area contributed by atoms with Crippen molar-refractivity contribution in [1.82, 2.24) is 0 Å². The molecule has 15 heavy (non-hydrogen) atoms. The maximum atomic E-state index is 11.3. The van der Waals surface area contributed by atoms with E-state index in [0.717, 1.165) is 6.42 Å². The number of hydrogen-bond donors (Lipinski definition) is 0. The fourth-order valence-electron chi connectivity index (χ4n) is 1.07. The lowest BCUT2D eigenvalue weighted by Crippen LogP contribution is -2.15. The molecule has 0 rings (SSSR count). The highest BCUT2D eigenvalue weighted by molar-refractivity contribution is 5.71. The molecule has 4 heteroatoms. The van der Waals surface area contributed by atoms with Crippen LogP contribution >= 0.6 is 0 Å². The molecule has 0 aromatic heterocycles. The van der Waals surface area contributed by atoms with Crippen LogP contribution in [0, 0.1) is 28.6 Å². The Morgan fingerprint density at radius 3 is 2.47 bits per heavy atom. The van der Waals surface area contributed by atoms with Gasteiger partial charge in [0.1, 0.15) is 0 Å². The van der Waals surface area contributed by atoms with Gasteiger partial charge in [-0.3, -0.25) is 4.79 Å². The summed E-state index contributed by atoms with van der Waals surface area (Å²) in [5, 5.41) is 16.6. The smallest absolute Gasteiger partial charge is 0.308 e. The van der Waals surface area contributed by atoms with Crippen LogP contribution in [-0.4, -0.2) is 12.6 Å². The van der Waals surface area contributed by atoms with Crippen molar-refractivity contribution in [2.75, 3.05) is 6.61 Å². The minimum absolute atomic E-state index is 0.152. The molecule has 0 aliphatic carbocycles. The van der Waals surface area contributed by atoms with E-state index in [0.29, 0.717) is 32.3 Å². The van der Waals surface area contributed by atoms with Crippen LogP contribution in [-0.2, 0) is 9.53 Å². The fourth-order valence-corrected chi connectivity index (χ4v) is 1.07. The summed E-state index contributed by atoms with van der Waals surface area (Å²) in [5.41, 5.74) is 0. The van der Waals surface area contributed by atoms with E-state index < -0.39 is 0 Å². The number of hydrogen-bond acceptors (Lipinski definition) is 4. The van der Waals surface area contributed by atoms with Gasteiger partial charge in [-0.1, -0.05) is 6.92 Å². The topological polar surface area (TPSA) is 73.9 Å². The lowest BCUT2D eigenvalue weighted by molar-refractivity contribution is -0.148. The van der Waals surface area contributed by atoms with E-state index in [1.54, 1.807) is 6.92 Å². The van der Waals surface area contributed by atoms with Crippen molar-refractivity contribution in [1.29, 1.82) is 10.5 Å². The van der Waals surface area contributed by atoms with E-state index >= 15 is 0 Å². The van der Waals surface area contributed by atoms with Crippen molar-refractivity contribution >= 4 is 5.97 Å². The molecule has 0 heterocycles. The van der Waals surface area contributed by atoms with Crippen molar-refractivity contribution in [2.24, 2.45) is 5.92 Å². The van der Waals surface area contributed by atoms with Crippen LogP contribution in [0.4, 0.5) is 0 Å². The standard InChI is InChI=1S/C11H16N2O2/c1-10(6-2-3-7-12)11(14)15-9-5-4-8-13/h10H,2-6,9H2,1H3. The Labute approximate surface area is 90.4 Å². The number of nitriles is 2. The van der Waals surface area contributed by atoms with Crippen LogP contribution in [0.5, 0.6) is 0 Å². The molecule has 0 saturated heterocycles. The first-order chi connectivity index (χ1) is 7.22. The first-order valence-electron chi connectivity index (χ1n) is 5.13. The summed E-state index contributed by atoms with van der Waals surface area (Å²) in [7, 11) is 0. The quantitative estimate of drug-likeness (QED) is 0.474. The van der Waals surface area contributed by atoms with Gasteiger partial charge in [0, 0.05) is 12.8 Å². The molecule has 0 aromatic carbocycles.